The van der Waals surface area contributed by atoms with Crippen LogP contribution in [0.5, 0.6) is 0 Å². The summed E-state index contributed by atoms with van der Waals surface area (Å²) >= 11 is 0. The number of para-hydroxylation sites is 1. The summed E-state index contributed by atoms with van der Waals surface area (Å²) in [5.41, 5.74) is 2.17. The Morgan fingerprint density at radius 3 is 2.28 bits per heavy atom. The predicted molar refractivity (Wildman–Crippen MR) is 115 cm³/mol. The van der Waals surface area contributed by atoms with E-state index in [4.69, 9.17) is 0 Å². The molecule has 1 aromatic heterocycles. The molecule has 1 atom stereocenters. The second-order valence-corrected chi connectivity index (χ2v) is 8.77. The van der Waals surface area contributed by atoms with Crippen LogP contribution in [-0.2, 0) is 28.9 Å². The Balaban J connectivity index is 1.96. The first-order valence-corrected chi connectivity index (χ1v) is 11.0. The Hall–Kier alpha value is -3.07. The zero-order valence-electron chi connectivity index (χ0n) is 16.8. The normalized spacial score (nSPS) is 12.7. The van der Waals surface area contributed by atoms with Crippen LogP contribution in [0.2, 0.25) is 0 Å². The average molecular weight is 417 g/mol. The Bertz CT molecular complexity index is 1210. The smallest absolute Gasteiger partial charge is 0.324 e. The largest absolute Gasteiger partial charge is 0.328 e. The van der Waals surface area contributed by atoms with Crippen molar-refractivity contribution in [3.8, 4) is 0 Å². The van der Waals surface area contributed by atoms with Gasteiger partial charge in [-0.15, -0.1) is 0 Å². The summed E-state index contributed by atoms with van der Waals surface area (Å²) in [6, 6.07) is 12.8. The molecule has 9 heteroatoms. The number of hydrogen-bond donors (Lipinski definition) is 1. The molecule has 0 radical (unpaired) electrons. The molecule has 0 aliphatic rings. The number of carbonyl (C=O) groups is 1. The van der Waals surface area contributed by atoms with Gasteiger partial charge in [0.25, 0.3) is 0 Å². The van der Waals surface area contributed by atoms with Gasteiger partial charge in [-0.05, 0) is 36.8 Å². The maximum absolute atomic E-state index is 13.0. The van der Waals surface area contributed by atoms with E-state index in [-0.39, 0.29) is 5.69 Å². The van der Waals surface area contributed by atoms with Crippen LogP contribution < -0.4 is 15.3 Å². The van der Waals surface area contributed by atoms with Crippen LogP contribution in [-0.4, -0.2) is 35.8 Å². The third kappa shape index (κ3) is 3.91. The lowest BCUT2D eigenvalue weighted by Crippen LogP contribution is -2.46. The number of benzene rings is 2. The molecule has 3 aromatic rings. The molecule has 154 valence electrons. The van der Waals surface area contributed by atoms with Gasteiger partial charge in [0.2, 0.25) is 15.9 Å². The fraction of sp³-hybridized carbons (Fsp3) is 0.300. The van der Waals surface area contributed by atoms with E-state index in [2.05, 4.69) is 5.32 Å². The summed E-state index contributed by atoms with van der Waals surface area (Å²) in [6.45, 7) is 1.76. The highest BCUT2D eigenvalue weighted by Crippen LogP contribution is 2.24. The monoisotopic (exact) mass is 416 g/mol. The van der Waals surface area contributed by atoms with Gasteiger partial charge in [0, 0.05) is 19.8 Å². The zero-order chi connectivity index (χ0) is 21.3. The second-order valence-electron chi connectivity index (χ2n) is 6.91. The molecule has 0 saturated carbocycles. The van der Waals surface area contributed by atoms with Crippen molar-refractivity contribution in [2.24, 2.45) is 14.1 Å². The number of anilines is 2. The Labute approximate surface area is 169 Å². The summed E-state index contributed by atoms with van der Waals surface area (Å²) in [5.74, 6) is -0.443. The van der Waals surface area contributed by atoms with Gasteiger partial charge in [-0.3, -0.25) is 18.2 Å². The van der Waals surface area contributed by atoms with Gasteiger partial charge in [-0.25, -0.2) is 13.2 Å². The van der Waals surface area contributed by atoms with Crippen molar-refractivity contribution in [2.45, 2.75) is 19.4 Å². The van der Waals surface area contributed by atoms with Gasteiger partial charge < -0.3 is 5.32 Å². The number of carbonyl (C=O) groups excluding carboxylic acids is 1. The minimum Gasteiger partial charge on any atom is -0.324 e. The zero-order valence-corrected chi connectivity index (χ0v) is 17.6. The molecule has 3 rings (SSSR count). The fourth-order valence-corrected chi connectivity index (χ4v) is 4.66. The number of fused-ring (bicyclic) bond motifs is 1. The van der Waals surface area contributed by atoms with Crippen molar-refractivity contribution in [1.82, 2.24) is 9.13 Å². The lowest BCUT2D eigenvalue weighted by Gasteiger charge is -2.30. The first kappa shape index (κ1) is 20.7. The van der Waals surface area contributed by atoms with Crippen LogP contribution in [0.1, 0.15) is 13.3 Å². The second kappa shape index (κ2) is 7.75. The van der Waals surface area contributed by atoms with E-state index in [1.165, 1.54) is 9.13 Å². The third-order valence-corrected chi connectivity index (χ3v) is 6.06. The number of sulfonamides is 1. The summed E-state index contributed by atoms with van der Waals surface area (Å²) in [6.07, 6.45) is 1.38. The van der Waals surface area contributed by atoms with Gasteiger partial charge in [0.15, 0.2) is 0 Å². The van der Waals surface area contributed by atoms with Crippen molar-refractivity contribution >= 4 is 38.3 Å². The number of aromatic nitrogens is 2. The van der Waals surface area contributed by atoms with Crippen LogP contribution in [0.4, 0.5) is 11.4 Å². The molecular formula is C20H24N4O4S. The average Bonchev–Trinajstić information content (AvgIpc) is 2.89. The van der Waals surface area contributed by atoms with Crippen LogP contribution in [0.15, 0.2) is 53.3 Å². The van der Waals surface area contributed by atoms with E-state index in [0.29, 0.717) is 23.3 Å². The molecule has 1 unspecified atom stereocenters. The number of amides is 1. The highest BCUT2D eigenvalue weighted by Gasteiger charge is 2.31. The molecule has 0 spiro atoms. The van der Waals surface area contributed by atoms with Crippen molar-refractivity contribution in [3.05, 3.63) is 59.0 Å². The molecule has 0 aliphatic carbocycles. The van der Waals surface area contributed by atoms with Crippen molar-refractivity contribution < 1.29 is 13.2 Å². The summed E-state index contributed by atoms with van der Waals surface area (Å²) in [7, 11) is -0.347. The summed E-state index contributed by atoms with van der Waals surface area (Å²) in [4.78, 5) is 25.1. The molecule has 29 heavy (non-hydrogen) atoms. The lowest BCUT2D eigenvalue weighted by atomic mass is 10.1. The standard InChI is InChI=1S/C20H24N4O4S/c1-5-16(24(29(4,27)28)15-9-7-6-8-10-15)19(25)21-14-11-12-17-18(13-14)23(3)20(26)22(17)2/h6-13,16H,5H2,1-4H3,(H,21,25). The Morgan fingerprint density at radius 2 is 1.69 bits per heavy atom. The molecular weight excluding hydrogens is 392 g/mol. The van der Waals surface area contributed by atoms with E-state index < -0.39 is 22.0 Å². The van der Waals surface area contributed by atoms with Gasteiger partial charge >= 0.3 is 5.69 Å². The molecule has 0 aliphatic heterocycles. The number of imidazole rings is 1. The van der Waals surface area contributed by atoms with Crippen molar-refractivity contribution in [3.63, 3.8) is 0 Å². The third-order valence-electron chi connectivity index (χ3n) is 4.88. The number of hydrogen-bond acceptors (Lipinski definition) is 4. The molecule has 0 saturated heterocycles. The predicted octanol–water partition coefficient (Wildman–Crippen LogP) is 2.06. The molecule has 0 bridgehead atoms. The van der Waals surface area contributed by atoms with Crippen LogP contribution in [0, 0.1) is 0 Å². The Kier molecular flexibility index (Phi) is 5.52. The van der Waals surface area contributed by atoms with Gasteiger partial charge in [-0.1, -0.05) is 25.1 Å². The van der Waals surface area contributed by atoms with Crippen molar-refractivity contribution in [2.75, 3.05) is 15.9 Å². The minimum absolute atomic E-state index is 0.165. The van der Waals surface area contributed by atoms with Gasteiger partial charge in [0.1, 0.15) is 6.04 Å². The topological polar surface area (TPSA) is 93.4 Å². The van der Waals surface area contributed by atoms with Gasteiger partial charge in [0.05, 0.1) is 23.0 Å². The van der Waals surface area contributed by atoms with Crippen molar-refractivity contribution in [1.29, 1.82) is 0 Å². The van der Waals surface area contributed by atoms with Crippen LogP contribution >= 0.6 is 0 Å². The number of rotatable bonds is 6. The number of nitrogens with one attached hydrogen (secondary N) is 1. The highest BCUT2D eigenvalue weighted by atomic mass is 32.2. The van der Waals surface area contributed by atoms with Crippen LogP contribution in [0.3, 0.4) is 0 Å². The van der Waals surface area contributed by atoms with E-state index >= 15 is 0 Å². The maximum atomic E-state index is 13.0. The summed E-state index contributed by atoms with van der Waals surface area (Å²) in [5, 5.41) is 2.79. The molecule has 0 fully saturated rings. The fourth-order valence-electron chi connectivity index (χ4n) is 3.45. The minimum atomic E-state index is -3.69. The first-order valence-electron chi connectivity index (χ1n) is 9.16. The van der Waals surface area contributed by atoms with E-state index in [1.54, 1.807) is 69.6 Å². The maximum Gasteiger partial charge on any atom is 0.328 e. The van der Waals surface area contributed by atoms with E-state index in [1.807, 2.05) is 0 Å². The quantitative estimate of drug-likeness (QED) is 0.666. The lowest BCUT2D eigenvalue weighted by molar-refractivity contribution is -0.117. The molecule has 1 N–H and O–H groups in total. The van der Waals surface area contributed by atoms with E-state index in [9.17, 15) is 18.0 Å². The Morgan fingerprint density at radius 1 is 1.07 bits per heavy atom. The highest BCUT2D eigenvalue weighted by molar-refractivity contribution is 7.92. The SMILES string of the molecule is CCC(C(=O)Nc1ccc2c(c1)n(C)c(=O)n2C)N(c1ccccc1)S(C)(=O)=O. The summed E-state index contributed by atoms with van der Waals surface area (Å²) < 4.78 is 29.1. The molecule has 8 nitrogen and oxygen atoms in total. The first-order chi connectivity index (χ1) is 13.6. The van der Waals surface area contributed by atoms with Crippen LogP contribution in [0.25, 0.3) is 11.0 Å². The van der Waals surface area contributed by atoms with E-state index in [0.717, 1.165) is 16.1 Å². The number of aryl methyl sites for hydroxylation is 2. The molecule has 1 amide bonds. The molecule has 2 aromatic carbocycles. The number of nitrogens with zero attached hydrogens (tertiary/aromatic N) is 3. The van der Waals surface area contributed by atoms with Gasteiger partial charge in [-0.2, -0.15) is 0 Å². The molecule has 1 heterocycles.